The first-order chi connectivity index (χ1) is 12.9. The highest BCUT2D eigenvalue weighted by Crippen LogP contribution is 2.65. The number of anilines is 1. The van der Waals surface area contributed by atoms with E-state index in [4.69, 9.17) is 4.74 Å². The summed E-state index contributed by atoms with van der Waals surface area (Å²) >= 11 is 2.98. The molecule has 150 valence electrons. The third-order valence-corrected chi connectivity index (χ3v) is 9.38. The van der Waals surface area contributed by atoms with Gasteiger partial charge in [0.1, 0.15) is 0 Å². The number of thioether (sulfide) groups is 1. The van der Waals surface area contributed by atoms with E-state index in [1.54, 1.807) is 0 Å². The molecule has 0 spiro atoms. The molecule has 3 fully saturated rings. The zero-order valence-corrected chi connectivity index (χ0v) is 18.0. The quantitative estimate of drug-likeness (QED) is 0.670. The smallest absolute Gasteiger partial charge is 0.230 e. The van der Waals surface area contributed by atoms with Gasteiger partial charge in [0.25, 0.3) is 0 Å². The second kappa shape index (κ2) is 7.52. The van der Waals surface area contributed by atoms with E-state index in [2.05, 4.69) is 41.6 Å². The summed E-state index contributed by atoms with van der Waals surface area (Å²) < 4.78 is 6.44. The lowest BCUT2D eigenvalue weighted by molar-refractivity contribution is -0.120. The fraction of sp³-hybridized carbons (Fsp3) is 0.842. The van der Waals surface area contributed by atoms with E-state index >= 15 is 0 Å². The van der Waals surface area contributed by atoms with E-state index in [1.165, 1.54) is 35.9 Å². The highest BCUT2D eigenvalue weighted by atomic mass is 32.2. The summed E-state index contributed by atoms with van der Waals surface area (Å²) in [5.41, 5.74) is 0.543. The molecule has 1 amide bonds. The Balaban J connectivity index is 1.23. The van der Waals surface area contributed by atoms with Crippen LogP contribution in [0.4, 0.5) is 5.13 Å². The van der Waals surface area contributed by atoms with E-state index in [9.17, 15) is 4.79 Å². The molecule has 1 saturated heterocycles. The Kier molecular flexibility index (Phi) is 5.42. The lowest BCUT2D eigenvalue weighted by Crippen LogP contribution is -2.47. The summed E-state index contributed by atoms with van der Waals surface area (Å²) in [4.78, 5) is 12.5. The average Bonchev–Trinajstić information content (AvgIpc) is 3.37. The maximum Gasteiger partial charge on any atom is 0.230 e. The van der Waals surface area contributed by atoms with Crippen LogP contribution in [0.5, 0.6) is 0 Å². The van der Waals surface area contributed by atoms with Crippen LogP contribution >= 0.6 is 23.1 Å². The van der Waals surface area contributed by atoms with Gasteiger partial charge in [0.15, 0.2) is 4.34 Å². The Bertz CT molecular complexity index is 689. The predicted molar refractivity (Wildman–Crippen MR) is 109 cm³/mol. The third kappa shape index (κ3) is 3.72. The summed E-state index contributed by atoms with van der Waals surface area (Å²) in [7, 11) is 0. The molecule has 2 saturated carbocycles. The topological polar surface area (TPSA) is 76.1 Å². The molecule has 2 bridgehead atoms. The van der Waals surface area contributed by atoms with E-state index < -0.39 is 0 Å². The van der Waals surface area contributed by atoms with Gasteiger partial charge in [0, 0.05) is 19.2 Å². The Hall–Kier alpha value is -0.860. The van der Waals surface area contributed by atoms with Crippen LogP contribution in [0.1, 0.15) is 52.9 Å². The molecular weight excluding hydrogens is 380 g/mol. The van der Waals surface area contributed by atoms with Crippen molar-refractivity contribution in [3.63, 3.8) is 0 Å². The second-order valence-electron chi connectivity index (χ2n) is 8.91. The first kappa shape index (κ1) is 19.5. The van der Waals surface area contributed by atoms with Crippen molar-refractivity contribution in [1.82, 2.24) is 15.5 Å². The van der Waals surface area contributed by atoms with Gasteiger partial charge in [-0.1, -0.05) is 43.9 Å². The van der Waals surface area contributed by atoms with Crippen LogP contribution in [0.3, 0.4) is 0 Å². The number of ether oxygens (including phenoxy) is 1. The Labute approximate surface area is 169 Å². The van der Waals surface area contributed by atoms with Gasteiger partial charge in [-0.25, -0.2) is 0 Å². The minimum atomic E-state index is 0.110. The zero-order chi connectivity index (χ0) is 19.1. The van der Waals surface area contributed by atoms with E-state index in [0.717, 1.165) is 47.8 Å². The number of nitrogens with zero attached hydrogens (tertiary/aromatic N) is 2. The predicted octanol–water partition coefficient (Wildman–Crippen LogP) is 3.55. The summed E-state index contributed by atoms with van der Waals surface area (Å²) in [5, 5.41) is 15.8. The lowest BCUT2D eigenvalue weighted by Gasteiger charge is -2.39. The number of carbonyl (C=O) groups excluding carboxylic acids is 1. The molecule has 0 radical (unpaired) electrons. The summed E-state index contributed by atoms with van der Waals surface area (Å²) in [6.07, 6.45) is 6.16. The number of nitrogens with one attached hydrogen (secondary N) is 2. The van der Waals surface area contributed by atoms with Crippen LogP contribution in [0.25, 0.3) is 0 Å². The zero-order valence-electron chi connectivity index (χ0n) is 16.4. The van der Waals surface area contributed by atoms with E-state index in [0.29, 0.717) is 17.2 Å². The van der Waals surface area contributed by atoms with Gasteiger partial charge in [-0.2, -0.15) is 0 Å². The molecule has 2 heterocycles. The molecule has 1 aromatic heterocycles. The summed E-state index contributed by atoms with van der Waals surface area (Å²) in [6.45, 7) is 8.73. The largest absolute Gasteiger partial charge is 0.376 e. The summed E-state index contributed by atoms with van der Waals surface area (Å²) in [6, 6.07) is 0.303. The van der Waals surface area contributed by atoms with Crippen molar-refractivity contribution in [3.05, 3.63) is 0 Å². The molecule has 3 aliphatic rings. The molecule has 4 unspecified atom stereocenters. The van der Waals surface area contributed by atoms with E-state index in [-0.39, 0.29) is 17.4 Å². The first-order valence-electron chi connectivity index (χ1n) is 9.99. The van der Waals surface area contributed by atoms with Crippen molar-refractivity contribution in [2.24, 2.45) is 16.7 Å². The second-order valence-corrected chi connectivity index (χ2v) is 11.1. The van der Waals surface area contributed by atoms with Crippen molar-refractivity contribution in [2.75, 3.05) is 24.2 Å². The van der Waals surface area contributed by atoms with Crippen LogP contribution in [-0.2, 0) is 9.53 Å². The maximum atomic E-state index is 12.5. The van der Waals surface area contributed by atoms with Crippen molar-refractivity contribution in [2.45, 2.75) is 69.4 Å². The summed E-state index contributed by atoms with van der Waals surface area (Å²) in [5.74, 6) is 1.25. The molecule has 2 aliphatic carbocycles. The molecular formula is C19H30N4O2S2. The number of amides is 1. The van der Waals surface area contributed by atoms with Crippen LogP contribution in [0, 0.1) is 16.7 Å². The van der Waals surface area contributed by atoms with Gasteiger partial charge in [0.2, 0.25) is 11.0 Å². The Morgan fingerprint density at radius 3 is 2.85 bits per heavy atom. The highest BCUT2D eigenvalue weighted by Gasteiger charge is 2.61. The molecule has 27 heavy (non-hydrogen) atoms. The average molecular weight is 411 g/mol. The van der Waals surface area contributed by atoms with Gasteiger partial charge in [0.05, 0.1) is 11.9 Å². The van der Waals surface area contributed by atoms with Gasteiger partial charge in [-0.05, 0) is 48.9 Å². The van der Waals surface area contributed by atoms with Crippen molar-refractivity contribution < 1.29 is 9.53 Å². The van der Waals surface area contributed by atoms with Gasteiger partial charge in [-0.15, -0.1) is 10.2 Å². The van der Waals surface area contributed by atoms with Crippen molar-refractivity contribution in [1.29, 1.82) is 0 Å². The van der Waals surface area contributed by atoms with Crippen LogP contribution < -0.4 is 10.6 Å². The number of aromatic nitrogens is 2. The van der Waals surface area contributed by atoms with Crippen molar-refractivity contribution in [3.8, 4) is 0 Å². The van der Waals surface area contributed by atoms with Crippen LogP contribution in [-0.4, -0.2) is 47.2 Å². The first-order valence-corrected chi connectivity index (χ1v) is 11.8. The molecule has 4 atom stereocenters. The molecule has 0 aromatic carbocycles. The van der Waals surface area contributed by atoms with Gasteiger partial charge >= 0.3 is 0 Å². The van der Waals surface area contributed by atoms with Gasteiger partial charge < -0.3 is 15.4 Å². The van der Waals surface area contributed by atoms with Crippen molar-refractivity contribution >= 4 is 34.1 Å². The third-order valence-electron chi connectivity index (χ3n) is 7.37. The fourth-order valence-electron chi connectivity index (χ4n) is 5.13. The number of rotatable bonds is 7. The highest BCUT2D eigenvalue weighted by molar-refractivity contribution is 8.01. The number of hydrogen-bond donors (Lipinski definition) is 2. The Morgan fingerprint density at radius 2 is 2.19 bits per heavy atom. The van der Waals surface area contributed by atoms with Crippen LogP contribution in [0.2, 0.25) is 0 Å². The van der Waals surface area contributed by atoms with Gasteiger partial charge in [-0.3, -0.25) is 4.79 Å². The Morgan fingerprint density at radius 1 is 1.33 bits per heavy atom. The number of carbonyl (C=O) groups is 1. The number of hydrogen-bond acceptors (Lipinski definition) is 7. The minimum Gasteiger partial charge on any atom is -0.376 e. The van der Waals surface area contributed by atoms with Crippen LogP contribution in [0.15, 0.2) is 4.34 Å². The molecule has 2 N–H and O–H groups in total. The standard InChI is InChI=1S/C19H30N4O2S2/c1-18(2)12-6-7-19(18,3)14(9-12)21-15(24)11-26-17-23-22-16(27-17)20-10-13-5-4-8-25-13/h12-14H,4-11H2,1-3H3,(H,20,22)(H,21,24). The molecule has 1 aliphatic heterocycles. The molecule has 6 nitrogen and oxygen atoms in total. The number of fused-ring (bicyclic) bond motifs is 2. The molecule has 1 aromatic rings. The fourth-order valence-corrected chi connectivity index (χ4v) is 6.70. The maximum absolute atomic E-state index is 12.5. The monoisotopic (exact) mass is 410 g/mol. The van der Waals surface area contributed by atoms with E-state index in [1.807, 2.05) is 0 Å². The molecule has 8 heteroatoms. The molecule has 4 rings (SSSR count). The SMILES string of the molecule is CC1(C)C2CCC1(C)C(NC(=O)CSc1nnc(NCC3CCCO3)s1)C2. The normalized spacial score (nSPS) is 34.1. The lowest BCUT2D eigenvalue weighted by atomic mass is 9.69. The minimum absolute atomic E-state index is 0.110.